The van der Waals surface area contributed by atoms with Crippen LogP contribution in [0.3, 0.4) is 0 Å². The van der Waals surface area contributed by atoms with Gasteiger partial charge in [-0.2, -0.15) is 0 Å². The SMILES string of the molecule is COc1ccc2c(c1)N(C1CCCCC1)CC=C2Oc1ccc2cc(C)sc2c1. The number of fused-ring (bicyclic) bond motifs is 2. The Bertz CT molecular complexity index is 1060. The molecule has 1 fully saturated rings. The molecule has 3 aromatic rings. The van der Waals surface area contributed by atoms with E-state index in [1.165, 1.54) is 52.8 Å². The molecule has 5 rings (SSSR count). The van der Waals surface area contributed by atoms with Crippen molar-refractivity contribution in [3.63, 3.8) is 0 Å². The van der Waals surface area contributed by atoms with Crippen molar-refractivity contribution in [1.29, 1.82) is 0 Å². The zero-order chi connectivity index (χ0) is 19.8. The van der Waals surface area contributed by atoms with E-state index in [1.54, 1.807) is 7.11 Å². The van der Waals surface area contributed by atoms with Crippen molar-refractivity contribution < 1.29 is 9.47 Å². The van der Waals surface area contributed by atoms with Crippen LogP contribution in [0.25, 0.3) is 15.8 Å². The summed E-state index contributed by atoms with van der Waals surface area (Å²) >= 11 is 1.81. The second-order valence-electron chi connectivity index (χ2n) is 8.05. The van der Waals surface area contributed by atoms with Crippen molar-refractivity contribution in [2.75, 3.05) is 18.6 Å². The van der Waals surface area contributed by atoms with E-state index in [9.17, 15) is 0 Å². The van der Waals surface area contributed by atoms with Gasteiger partial charge in [0.25, 0.3) is 0 Å². The third kappa shape index (κ3) is 3.62. The van der Waals surface area contributed by atoms with E-state index in [-0.39, 0.29) is 0 Å². The second-order valence-corrected chi connectivity index (χ2v) is 9.34. The van der Waals surface area contributed by atoms with Gasteiger partial charge in [-0.3, -0.25) is 0 Å². The van der Waals surface area contributed by atoms with Crippen LogP contribution in [0.2, 0.25) is 0 Å². The number of anilines is 1. The molecule has 0 bridgehead atoms. The van der Waals surface area contributed by atoms with Gasteiger partial charge >= 0.3 is 0 Å². The fourth-order valence-electron chi connectivity index (χ4n) is 4.64. The van der Waals surface area contributed by atoms with Crippen molar-refractivity contribution in [1.82, 2.24) is 0 Å². The highest BCUT2D eigenvalue weighted by molar-refractivity contribution is 7.19. The molecule has 2 heterocycles. The summed E-state index contributed by atoms with van der Waals surface area (Å²) < 4.78 is 13.2. The summed E-state index contributed by atoms with van der Waals surface area (Å²) in [5.41, 5.74) is 2.40. The minimum Gasteiger partial charge on any atom is -0.497 e. The lowest BCUT2D eigenvalue weighted by molar-refractivity contribution is 0.409. The van der Waals surface area contributed by atoms with Crippen molar-refractivity contribution in [2.24, 2.45) is 0 Å². The standard InChI is InChI=1S/C25H27NO2S/c1-17-14-18-8-9-21(16-25(18)29-17)28-24-12-13-26(19-6-4-3-5-7-19)23-15-20(27-2)10-11-22(23)24/h8-12,14-16,19H,3-7,13H2,1-2H3. The zero-order valence-corrected chi connectivity index (χ0v) is 17.9. The van der Waals surface area contributed by atoms with Gasteiger partial charge in [0.15, 0.2) is 0 Å². The van der Waals surface area contributed by atoms with Crippen molar-refractivity contribution in [2.45, 2.75) is 45.1 Å². The number of rotatable bonds is 4. The number of nitrogens with zero attached hydrogens (tertiary/aromatic N) is 1. The third-order valence-corrected chi connectivity index (χ3v) is 7.12. The zero-order valence-electron chi connectivity index (χ0n) is 17.1. The molecule has 150 valence electrons. The topological polar surface area (TPSA) is 21.7 Å². The van der Waals surface area contributed by atoms with Gasteiger partial charge in [-0.1, -0.05) is 19.3 Å². The first kappa shape index (κ1) is 18.6. The summed E-state index contributed by atoms with van der Waals surface area (Å²) in [5, 5.41) is 1.28. The van der Waals surface area contributed by atoms with Crippen LogP contribution in [-0.2, 0) is 0 Å². The molecule has 2 aromatic carbocycles. The highest BCUT2D eigenvalue weighted by Crippen LogP contribution is 2.39. The Morgan fingerprint density at radius 2 is 1.79 bits per heavy atom. The lowest BCUT2D eigenvalue weighted by Crippen LogP contribution is -2.39. The molecule has 4 heteroatoms. The largest absolute Gasteiger partial charge is 0.497 e. The van der Waals surface area contributed by atoms with E-state index in [2.05, 4.69) is 54.3 Å². The van der Waals surface area contributed by atoms with Crippen molar-refractivity contribution in [3.05, 3.63) is 59.0 Å². The van der Waals surface area contributed by atoms with E-state index in [0.717, 1.165) is 29.4 Å². The minimum absolute atomic E-state index is 0.609. The smallest absolute Gasteiger partial charge is 0.134 e. The Kier molecular flexibility index (Phi) is 4.96. The van der Waals surface area contributed by atoms with Gasteiger partial charge in [0.2, 0.25) is 0 Å². The fraction of sp³-hybridized carbons (Fsp3) is 0.360. The van der Waals surface area contributed by atoms with E-state index in [4.69, 9.17) is 9.47 Å². The van der Waals surface area contributed by atoms with Crippen LogP contribution in [0.5, 0.6) is 11.5 Å². The number of thiophene rings is 1. The maximum Gasteiger partial charge on any atom is 0.134 e. The molecule has 1 saturated carbocycles. The van der Waals surface area contributed by atoms with E-state index < -0.39 is 0 Å². The van der Waals surface area contributed by atoms with E-state index in [1.807, 2.05) is 17.4 Å². The van der Waals surface area contributed by atoms with Gasteiger partial charge in [-0.05, 0) is 67.6 Å². The summed E-state index contributed by atoms with van der Waals surface area (Å²) in [6.45, 7) is 3.04. The molecule has 0 radical (unpaired) electrons. The van der Waals surface area contributed by atoms with Crippen LogP contribution in [0.4, 0.5) is 5.69 Å². The molecule has 0 saturated heterocycles. The summed E-state index contributed by atoms with van der Waals surface area (Å²) in [7, 11) is 1.74. The van der Waals surface area contributed by atoms with Gasteiger partial charge in [0.05, 0.1) is 12.8 Å². The molecular weight excluding hydrogens is 378 g/mol. The third-order valence-electron chi connectivity index (χ3n) is 6.11. The Balaban J connectivity index is 1.48. The molecule has 0 unspecified atom stereocenters. The van der Waals surface area contributed by atoms with Gasteiger partial charge in [0, 0.05) is 33.8 Å². The normalized spacial score (nSPS) is 17.2. The van der Waals surface area contributed by atoms with Crippen LogP contribution in [-0.4, -0.2) is 19.7 Å². The lowest BCUT2D eigenvalue weighted by atomic mass is 9.92. The van der Waals surface area contributed by atoms with Crippen LogP contribution < -0.4 is 14.4 Å². The first-order chi connectivity index (χ1) is 14.2. The molecule has 3 nitrogen and oxygen atoms in total. The monoisotopic (exact) mass is 405 g/mol. The number of ether oxygens (including phenoxy) is 2. The van der Waals surface area contributed by atoms with Gasteiger partial charge in [-0.25, -0.2) is 0 Å². The lowest BCUT2D eigenvalue weighted by Gasteiger charge is -2.39. The first-order valence-electron chi connectivity index (χ1n) is 10.5. The highest BCUT2D eigenvalue weighted by Gasteiger charge is 2.27. The summed E-state index contributed by atoms with van der Waals surface area (Å²) in [6.07, 6.45) is 8.81. The molecule has 1 aromatic heterocycles. The van der Waals surface area contributed by atoms with Gasteiger partial charge < -0.3 is 14.4 Å². The van der Waals surface area contributed by atoms with Crippen LogP contribution in [0, 0.1) is 6.92 Å². The van der Waals surface area contributed by atoms with Crippen molar-refractivity contribution in [3.8, 4) is 11.5 Å². The molecular formula is C25H27NO2S. The summed E-state index contributed by atoms with van der Waals surface area (Å²) in [5.74, 6) is 2.75. The molecule has 0 spiro atoms. The van der Waals surface area contributed by atoms with Crippen LogP contribution in [0.1, 0.15) is 42.5 Å². The van der Waals surface area contributed by atoms with Crippen molar-refractivity contribution >= 4 is 32.9 Å². The Morgan fingerprint density at radius 3 is 2.62 bits per heavy atom. The molecule has 0 amide bonds. The molecule has 0 N–H and O–H groups in total. The second kappa shape index (κ2) is 7.75. The van der Waals surface area contributed by atoms with Crippen LogP contribution >= 0.6 is 11.3 Å². The average Bonchev–Trinajstić information content (AvgIpc) is 3.13. The van der Waals surface area contributed by atoms with Crippen LogP contribution in [0.15, 0.2) is 48.5 Å². The van der Waals surface area contributed by atoms with E-state index in [0.29, 0.717) is 6.04 Å². The number of hydrogen-bond acceptors (Lipinski definition) is 4. The predicted molar refractivity (Wildman–Crippen MR) is 122 cm³/mol. The number of hydrogen-bond donors (Lipinski definition) is 0. The minimum atomic E-state index is 0.609. The summed E-state index contributed by atoms with van der Waals surface area (Å²) in [4.78, 5) is 3.88. The Morgan fingerprint density at radius 1 is 0.966 bits per heavy atom. The summed E-state index contributed by atoms with van der Waals surface area (Å²) in [6, 6.07) is 15.6. The molecule has 2 aliphatic rings. The molecule has 1 aliphatic carbocycles. The average molecular weight is 406 g/mol. The molecule has 29 heavy (non-hydrogen) atoms. The maximum absolute atomic E-state index is 6.41. The van der Waals surface area contributed by atoms with E-state index >= 15 is 0 Å². The highest BCUT2D eigenvalue weighted by atomic mass is 32.1. The maximum atomic E-state index is 6.41. The Hall–Kier alpha value is -2.46. The molecule has 1 aliphatic heterocycles. The number of methoxy groups -OCH3 is 1. The quantitative estimate of drug-likeness (QED) is 0.477. The number of benzene rings is 2. The Labute approximate surface area is 176 Å². The van der Waals surface area contributed by atoms with Gasteiger partial charge in [-0.15, -0.1) is 11.3 Å². The first-order valence-corrected chi connectivity index (χ1v) is 11.4. The van der Waals surface area contributed by atoms with Gasteiger partial charge in [0.1, 0.15) is 17.3 Å². The number of aryl methyl sites for hydroxylation is 1. The molecule has 0 atom stereocenters. The fourth-order valence-corrected chi connectivity index (χ4v) is 5.60. The predicted octanol–water partition coefficient (Wildman–Crippen LogP) is 6.79.